The van der Waals surface area contributed by atoms with Gasteiger partial charge in [-0.05, 0) is 36.6 Å². The monoisotopic (exact) mass is 439 g/mol. The maximum absolute atomic E-state index is 11.8. The summed E-state index contributed by atoms with van der Waals surface area (Å²) in [5.41, 5.74) is 9.82. The zero-order valence-corrected chi connectivity index (χ0v) is 18.7. The van der Waals surface area contributed by atoms with Crippen LogP contribution in [0.1, 0.15) is 49.4 Å². The Morgan fingerprint density at radius 1 is 1.09 bits per heavy atom. The second-order valence-electron chi connectivity index (χ2n) is 8.98. The van der Waals surface area contributed by atoms with Crippen LogP contribution in [0.3, 0.4) is 0 Å². The summed E-state index contributed by atoms with van der Waals surface area (Å²) < 4.78 is 10.7. The Labute approximate surface area is 192 Å². The average Bonchev–Trinajstić information content (AvgIpc) is 3.41. The molecule has 6 rings (SSSR count). The molecular weight excluding hydrogens is 414 g/mol. The Kier molecular flexibility index (Phi) is 4.76. The Hall–Kier alpha value is -3.51. The maximum atomic E-state index is 11.8. The minimum absolute atomic E-state index is 0.203. The average molecular weight is 440 g/mol. The Bertz CT molecular complexity index is 1310. The van der Waals surface area contributed by atoms with Gasteiger partial charge < -0.3 is 9.47 Å². The van der Waals surface area contributed by atoms with Crippen LogP contribution in [0.15, 0.2) is 43.1 Å². The fraction of sp³-hybridized carbons (Fsp3) is 0.296. The topological polar surface area (TPSA) is 64.6 Å². The van der Waals surface area contributed by atoms with Gasteiger partial charge in [0.05, 0.1) is 11.3 Å². The van der Waals surface area contributed by atoms with Crippen LogP contribution in [0, 0.1) is 6.92 Å². The van der Waals surface area contributed by atoms with Gasteiger partial charge in [0.2, 0.25) is 0 Å². The molecule has 1 aromatic heterocycles. The van der Waals surface area contributed by atoms with Crippen molar-refractivity contribution in [2.75, 3.05) is 13.1 Å². The third-order valence-corrected chi connectivity index (χ3v) is 7.05. The van der Waals surface area contributed by atoms with Gasteiger partial charge in [-0.25, -0.2) is 14.8 Å². The molecule has 2 aromatic carbocycles. The minimum Gasteiger partial charge on any atom is -0.489 e. The molecule has 0 saturated carbocycles. The highest BCUT2D eigenvalue weighted by Gasteiger charge is 2.25. The third-order valence-electron chi connectivity index (χ3n) is 7.05. The van der Waals surface area contributed by atoms with Crippen molar-refractivity contribution in [2.24, 2.45) is 0 Å². The van der Waals surface area contributed by atoms with Crippen LogP contribution in [-0.2, 0) is 42.1 Å². The van der Waals surface area contributed by atoms with Gasteiger partial charge in [-0.15, -0.1) is 0 Å². The van der Waals surface area contributed by atoms with Crippen molar-refractivity contribution in [3.05, 3.63) is 87.7 Å². The molecule has 0 spiro atoms. The molecule has 4 heterocycles. The van der Waals surface area contributed by atoms with Crippen molar-refractivity contribution in [3.8, 4) is 11.4 Å². The number of benzene rings is 2. The van der Waals surface area contributed by atoms with E-state index in [2.05, 4.69) is 35.5 Å². The van der Waals surface area contributed by atoms with Gasteiger partial charge in [-0.2, -0.15) is 0 Å². The lowest BCUT2D eigenvalue weighted by atomic mass is 9.96. The zero-order chi connectivity index (χ0) is 22.5. The van der Waals surface area contributed by atoms with Gasteiger partial charge in [0.25, 0.3) is 0 Å². The van der Waals surface area contributed by atoms with Crippen molar-refractivity contribution < 1.29 is 14.3 Å². The van der Waals surface area contributed by atoms with E-state index in [-0.39, 0.29) is 5.97 Å². The van der Waals surface area contributed by atoms with E-state index in [0.717, 1.165) is 77.6 Å². The van der Waals surface area contributed by atoms with Gasteiger partial charge in [0.15, 0.2) is 5.82 Å². The number of ether oxygens (including phenoxy) is 2. The van der Waals surface area contributed by atoms with Crippen LogP contribution in [0.4, 0.5) is 0 Å². The molecule has 0 saturated heterocycles. The summed E-state index contributed by atoms with van der Waals surface area (Å²) in [6, 6.07) is 10.2. The minimum atomic E-state index is -0.203. The second-order valence-corrected chi connectivity index (χ2v) is 8.98. The predicted molar refractivity (Wildman–Crippen MR) is 124 cm³/mol. The summed E-state index contributed by atoms with van der Waals surface area (Å²) in [5, 5.41) is 0. The third kappa shape index (κ3) is 3.51. The molecule has 166 valence electrons. The summed E-state index contributed by atoms with van der Waals surface area (Å²) in [5.74, 6) is 1.30. The second kappa shape index (κ2) is 7.81. The first-order chi connectivity index (χ1) is 16.1. The molecule has 0 bridgehead atoms. The van der Waals surface area contributed by atoms with E-state index < -0.39 is 0 Å². The van der Waals surface area contributed by atoms with E-state index in [0.29, 0.717) is 13.2 Å². The van der Waals surface area contributed by atoms with Gasteiger partial charge in [0, 0.05) is 60.1 Å². The van der Waals surface area contributed by atoms with Crippen molar-refractivity contribution in [1.29, 1.82) is 0 Å². The molecule has 0 N–H and O–H groups in total. The molecule has 0 unspecified atom stereocenters. The van der Waals surface area contributed by atoms with Crippen molar-refractivity contribution in [2.45, 2.75) is 39.5 Å². The zero-order valence-electron chi connectivity index (χ0n) is 18.7. The highest BCUT2D eigenvalue weighted by Crippen LogP contribution is 2.32. The molecule has 3 aliphatic heterocycles. The molecule has 3 aromatic rings. The van der Waals surface area contributed by atoms with Crippen LogP contribution in [-0.4, -0.2) is 33.9 Å². The number of rotatable bonds is 4. The number of nitrogens with zero attached hydrogens (tertiary/aromatic N) is 3. The normalized spacial score (nSPS) is 16.8. The van der Waals surface area contributed by atoms with E-state index in [1.54, 1.807) is 0 Å². The number of hydrogen-bond acceptors (Lipinski definition) is 6. The van der Waals surface area contributed by atoms with Gasteiger partial charge in [-0.3, -0.25) is 4.90 Å². The number of carbonyl (C=O) groups excluding carboxylic acids is 1. The number of fused-ring (bicyclic) bond motifs is 3. The quantitative estimate of drug-likeness (QED) is 0.567. The first kappa shape index (κ1) is 20.1. The fourth-order valence-corrected chi connectivity index (χ4v) is 5.02. The number of hydrogen-bond donors (Lipinski definition) is 0. The van der Waals surface area contributed by atoms with Crippen LogP contribution in [0.25, 0.3) is 17.1 Å². The maximum Gasteiger partial charge on any atom is 0.338 e. The van der Waals surface area contributed by atoms with Crippen LogP contribution in [0.5, 0.6) is 0 Å². The number of carbonyl (C=O) groups is 1. The molecule has 6 nitrogen and oxygen atoms in total. The van der Waals surface area contributed by atoms with Crippen molar-refractivity contribution in [3.63, 3.8) is 0 Å². The van der Waals surface area contributed by atoms with E-state index in [1.165, 1.54) is 16.7 Å². The summed E-state index contributed by atoms with van der Waals surface area (Å²) >= 11 is 0. The van der Waals surface area contributed by atoms with Gasteiger partial charge >= 0.3 is 5.97 Å². The standard InChI is InChI=1S/C27H25N3O3/c1-16-18(3-6-23-24(16)15-33-27(23)31)7-9-30-10-8-25-21(13-30)12-28-26(29-25)19-4-5-22-17(2)32-14-20(22)11-19/h3-6,11-12H,2,7-10,13-15H2,1H3. The molecule has 0 amide bonds. The lowest BCUT2D eigenvalue weighted by molar-refractivity contribution is 0.0535. The smallest absolute Gasteiger partial charge is 0.338 e. The summed E-state index contributed by atoms with van der Waals surface area (Å²) in [6.45, 7) is 9.80. The Morgan fingerprint density at radius 3 is 2.88 bits per heavy atom. The van der Waals surface area contributed by atoms with E-state index >= 15 is 0 Å². The highest BCUT2D eigenvalue weighted by molar-refractivity contribution is 5.93. The molecule has 0 radical (unpaired) electrons. The molecule has 33 heavy (non-hydrogen) atoms. The SMILES string of the molecule is C=C1OCc2cc(-c3ncc4c(n3)CCN(CCc3ccc5c(c3C)COC5=O)C4)ccc21. The molecule has 0 atom stereocenters. The Morgan fingerprint density at radius 2 is 1.97 bits per heavy atom. The van der Waals surface area contributed by atoms with Gasteiger partial charge in [-0.1, -0.05) is 24.8 Å². The first-order valence-corrected chi connectivity index (χ1v) is 11.4. The first-order valence-electron chi connectivity index (χ1n) is 11.4. The molecule has 0 fully saturated rings. The molecule has 3 aliphatic rings. The number of aromatic nitrogens is 2. The van der Waals surface area contributed by atoms with Crippen LogP contribution >= 0.6 is 0 Å². The summed E-state index contributed by atoms with van der Waals surface area (Å²) in [6.07, 6.45) is 3.85. The molecule has 0 aliphatic carbocycles. The van der Waals surface area contributed by atoms with E-state index in [1.807, 2.05) is 24.4 Å². The van der Waals surface area contributed by atoms with Crippen molar-refractivity contribution in [1.82, 2.24) is 14.9 Å². The Balaban J connectivity index is 1.15. The van der Waals surface area contributed by atoms with Crippen LogP contribution < -0.4 is 0 Å². The lowest BCUT2D eigenvalue weighted by Gasteiger charge is -2.28. The number of cyclic esters (lactones) is 1. The largest absolute Gasteiger partial charge is 0.489 e. The van der Waals surface area contributed by atoms with Gasteiger partial charge in [0.1, 0.15) is 19.0 Å². The summed E-state index contributed by atoms with van der Waals surface area (Å²) in [7, 11) is 0. The number of esters is 1. The van der Waals surface area contributed by atoms with E-state index in [9.17, 15) is 4.79 Å². The predicted octanol–water partition coefficient (Wildman–Crippen LogP) is 4.22. The van der Waals surface area contributed by atoms with E-state index in [4.69, 9.17) is 14.5 Å². The molecular formula is C27H25N3O3. The lowest BCUT2D eigenvalue weighted by Crippen LogP contribution is -2.33. The summed E-state index contributed by atoms with van der Waals surface area (Å²) in [4.78, 5) is 23.8. The highest BCUT2D eigenvalue weighted by atomic mass is 16.5. The molecule has 6 heteroatoms. The van der Waals surface area contributed by atoms with Crippen molar-refractivity contribution >= 4 is 11.7 Å². The van der Waals surface area contributed by atoms with Crippen LogP contribution in [0.2, 0.25) is 0 Å². The fourth-order valence-electron chi connectivity index (χ4n) is 5.02.